The molecule has 0 spiro atoms. The van der Waals surface area contributed by atoms with Crippen LogP contribution in [0.25, 0.3) is 87.1 Å². The monoisotopic (exact) mass is 519 g/mol. The van der Waals surface area contributed by atoms with Gasteiger partial charge in [-0.3, -0.25) is 0 Å². The van der Waals surface area contributed by atoms with Gasteiger partial charge in [0, 0.05) is 21.9 Å². The van der Waals surface area contributed by atoms with E-state index in [1.54, 1.807) is 0 Å². The summed E-state index contributed by atoms with van der Waals surface area (Å²) >= 11 is 0. The molecule has 0 saturated carbocycles. The van der Waals surface area contributed by atoms with Crippen molar-refractivity contribution >= 4 is 64.9 Å². The van der Waals surface area contributed by atoms with Crippen LogP contribution in [0.5, 0.6) is 0 Å². The van der Waals surface area contributed by atoms with Crippen molar-refractivity contribution in [3.63, 3.8) is 0 Å². The molecule has 0 aliphatic rings. The highest BCUT2D eigenvalue weighted by atomic mass is 14.7. The first-order valence-electron chi connectivity index (χ1n) is 14.2. The molecule has 1 N–H and O–H groups in total. The van der Waals surface area contributed by atoms with Crippen LogP contribution < -0.4 is 0 Å². The van der Waals surface area contributed by atoms with E-state index in [4.69, 9.17) is 0 Å². The van der Waals surface area contributed by atoms with Crippen molar-refractivity contribution in [1.29, 1.82) is 0 Å². The van der Waals surface area contributed by atoms with Gasteiger partial charge < -0.3 is 4.98 Å². The predicted molar refractivity (Wildman–Crippen MR) is 177 cm³/mol. The molecule has 190 valence electrons. The molecule has 0 atom stereocenters. The van der Waals surface area contributed by atoms with Crippen LogP contribution in [0, 0.1) is 0 Å². The molecule has 0 fully saturated rings. The zero-order valence-electron chi connectivity index (χ0n) is 22.4. The molecule has 0 saturated heterocycles. The number of para-hydroxylation sites is 1. The lowest BCUT2D eigenvalue weighted by Gasteiger charge is -2.12. The van der Waals surface area contributed by atoms with Crippen molar-refractivity contribution in [2.24, 2.45) is 0 Å². The summed E-state index contributed by atoms with van der Waals surface area (Å²) in [5.41, 5.74) is 7.26. The smallest absolute Gasteiger partial charge is 0.0544 e. The van der Waals surface area contributed by atoms with E-state index in [0.717, 1.165) is 0 Å². The number of nitrogens with one attached hydrogen (secondary N) is 1. The fraction of sp³-hybridized carbons (Fsp3) is 0. The van der Waals surface area contributed by atoms with Gasteiger partial charge in [0.1, 0.15) is 0 Å². The minimum absolute atomic E-state index is 1.18. The maximum Gasteiger partial charge on any atom is 0.0544 e. The topological polar surface area (TPSA) is 15.8 Å². The third kappa shape index (κ3) is 3.36. The molecule has 0 bridgehead atoms. The highest BCUT2D eigenvalue weighted by molar-refractivity contribution is 6.25. The van der Waals surface area contributed by atoms with Crippen LogP contribution in [0.15, 0.2) is 146 Å². The third-order valence-corrected chi connectivity index (χ3v) is 8.75. The Kier molecular flexibility index (Phi) is 4.67. The average Bonchev–Trinajstić information content (AvgIpc) is 3.41. The summed E-state index contributed by atoms with van der Waals surface area (Å²) in [6, 6.07) is 53.3. The van der Waals surface area contributed by atoms with Crippen molar-refractivity contribution in [3.05, 3.63) is 146 Å². The molecule has 8 aromatic carbocycles. The fourth-order valence-electron chi connectivity index (χ4n) is 6.81. The molecule has 0 radical (unpaired) electrons. The van der Waals surface area contributed by atoms with Crippen molar-refractivity contribution in [2.45, 2.75) is 0 Å². The van der Waals surface area contributed by atoms with E-state index in [2.05, 4.69) is 151 Å². The van der Waals surface area contributed by atoms with Crippen molar-refractivity contribution in [3.8, 4) is 22.3 Å². The van der Waals surface area contributed by atoms with E-state index < -0.39 is 0 Å². The number of hydrogen-bond acceptors (Lipinski definition) is 0. The molecule has 0 aliphatic heterocycles. The van der Waals surface area contributed by atoms with E-state index in [1.807, 2.05) is 0 Å². The van der Waals surface area contributed by atoms with Gasteiger partial charge in [0.2, 0.25) is 0 Å². The van der Waals surface area contributed by atoms with E-state index in [9.17, 15) is 0 Å². The summed E-state index contributed by atoms with van der Waals surface area (Å²) in [6.07, 6.45) is 0. The van der Waals surface area contributed by atoms with Crippen LogP contribution in [0.1, 0.15) is 0 Å². The van der Waals surface area contributed by atoms with E-state index in [0.29, 0.717) is 0 Å². The molecule has 1 nitrogen and oxygen atoms in total. The van der Waals surface area contributed by atoms with Crippen molar-refractivity contribution < 1.29 is 0 Å². The molecule has 1 aromatic heterocycles. The summed E-state index contributed by atoms with van der Waals surface area (Å²) in [5.74, 6) is 0. The van der Waals surface area contributed by atoms with E-state index in [1.165, 1.54) is 87.1 Å². The number of benzene rings is 8. The molecule has 9 aromatic rings. The number of H-pyrrole nitrogens is 1. The Morgan fingerprint density at radius 1 is 0.317 bits per heavy atom. The van der Waals surface area contributed by atoms with Gasteiger partial charge in [-0.1, -0.05) is 121 Å². The highest BCUT2D eigenvalue weighted by Crippen LogP contribution is 2.39. The van der Waals surface area contributed by atoms with Crippen molar-refractivity contribution in [1.82, 2.24) is 4.98 Å². The standard InChI is InChI=1S/C40H25N/c1-2-10-27-24-39-38(23-26(27)9-1)36-18-8-17-30(40(36)41-39)29-12-7-11-25(21-29)28-19-20-35-33-15-4-3-13-31(33)32-14-5-6-16-34(32)37(35)22-28/h1-24,41H. The summed E-state index contributed by atoms with van der Waals surface area (Å²) in [4.78, 5) is 3.76. The Bertz CT molecular complexity index is 2440. The first-order valence-corrected chi connectivity index (χ1v) is 14.2. The molecule has 41 heavy (non-hydrogen) atoms. The first-order chi connectivity index (χ1) is 20.3. The Morgan fingerprint density at radius 3 is 1.63 bits per heavy atom. The summed E-state index contributed by atoms with van der Waals surface area (Å²) in [5, 5.41) is 12.9. The predicted octanol–water partition coefficient (Wildman–Crippen LogP) is 11.3. The first kappa shape index (κ1) is 22.4. The van der Waals surface area contributed by atoms with Crippen LogP contribution in [0.2, 0.25) is 0 Å². The second kappa shape index (κ2) is 8.55. The minimum atomic E-state index is 1.18. The number of fused-ring (bicyclic) bond motifs is 10. The van der Waals surface area contributed by atoms with E-state index >= 15 is 0 Å². The lowest BCUT2D eigenvalue weighted by Crippen LogP contribution is -1.86. The SMILES string of the molecule is c1cc(-c2ccc3c4ccccc4c4ccccc4c3c2)cc(-c2cccc3c2[nH]c2cc4ccccc4cc23)c1. The molecule has 0 unspecified atom stereocenters. The Labute approximate surface area is 237 Å². The second-order valence-corrected chi connectivity index (χ2v) is 11.0. The largest absolute Gasteiger partial charge is 0.354 e. The number of rotatable bonds is 2. The van der Waals surface area contributed by atoms with E-state index in [-0.39, 0.29) is 0 Å². The third-order valence-electron chi connectivity index (χ3n) is 8.75. The van der Waals surface area contributed by atoms with Gasteiger partial charge in [-0.05, 0) is 84.0 Å². The molecule has 9 rings (SSSR count). The number of aromatic amines is 1. The highest BCUT2D eigenvalue weighted by Gasteiger charge is 2.13. The quantitative estimate of drug-likeness (QED) is 0.219. The minimum Gasteiger partial charge on any atom is -0.354 e. The summed E-state index contributed by atoms with van der Waals surface area (Å²) in [6.45, 7) is 0. The van der Waals surface area contributed by atoms with Crippen LogP contribution in [0.3, 0.4) is 0 Å². The molecular weight excluding hydrogens is 494 g/mol. The van der Waals surface area contributed by atoms with Gasteiger partial charge in [-0.25, -0.2) is 0 Å². The van der Waals surface area contributed by atoms with Crippen LogP contribution in [-0.4, -0.2) is 4.98 Å². The zero-order valence-corrected chi connectivity index (χ0v) is 22.4. The van der Waals surface area contributed by atoms with Crippen molar-refractivity contribution in [2.75, 3.05) is 0 Å². The fourth-order valence-corrected chi connectivity index (χ4v) is 6.81. The Hall–Kier alpha value is -5.40. The summed E-state index contributed by atoms with van der Waals surface area (Å²) < 4.78 is 0. The number of aromatic nitrogens is 1. The lowest BCUT2D eigenvalue weighted by molar-refractivity contribution is 1.54. The van der Waals surface area contributed by atoms with Crippen LogP contribution >= 0.6 is 0 Å². The van der Waals surface area contributed by atoms with Gasteiger partial charge in [-0.15, -0.1) is 0 Å². The van der Waals surface area contributed by atoms with Gasteiger partial charge in [0.15, 0.2) is 0 Å². The molecule has 0 aliphatic carbocycles. The summed E-state index contributed by atoms with van der Waals surface area (Å²) in [7, 11) is 0. The second-order valence-electron chi connectivity index (χ2n) is 11.0. The van der Waals surface area contributed by atoms with Gasteiger partial charge in [0.05, 0.1) is 5.52 Å². The maximum atomic E-state index is 3.76. The zero-order chi connectivity index (χ0) is 26.9. The van der Waals surface area contributed by atoms with Crippen LogP contribution in [-0.2, 0) is 0 Å². The lowest BCUT2D eigenvalue weighted by atomic mass is 9.91. The van der Waals surface area contributed by atoms with Gasteiger partial charge in [0.25, 0.3) is 0 Å². The molecule has 1 heteroatoms. The molecular formula is C40H25N. The Balaban J connectivity index is 1.24. The normalized spacial score (nSPS) is 11.9. The molecule has 0 amide bonds. The van der Waals surface area contributed by atoms with Crippen LogP contribution in [0.4, 0.5) is 0 Å². The molecule has 1 heterocycles. The maximum absolute atomic E-state index is 3.76. The Morgan fingerprint density at radius 2 is 0.878 bits per heavy atom. The number of hydrogen-bond donors (Lipinski definition) is 1. The average molecular weight is 520 g/mol. The van der Waals surface area contributed by atoms with Gasteiger partial charge in [-0.2, -0.15) is 0 Å². The van der Waals surface area contributed by atoms with Gasteiger partial charge >= 0.3 is 0 Å².